The summed E-state index contributed by atoms with van der Waals surface area (Å²) >= 11 is 3.29. The van der Waals surface area contributed by atoms with E-state index in [1.54, 1.807) is 23.5 Å². The average Bonchev–Trinajstić information content (AvgIpc) is 3.61. The minimum atomic E-state index is 0.0939. The number of aliphatic imine (C=N–C) groups is 1. The van der Waals surface area contributed by atoms with Crippen LogP contribution in [0.25, 0.3) is 0 Å². The summed E-state index contributed by atoms with van der Waals surface area (Å²) in [6.07, 6.45) is 17.0. The van der Waals surface area contributed by atoms with Crippen molar-refractivity contribution in [3.05, 3.63) is 65.2 Å². The lowest BCUT2D eigenvalue weighted by atomic mass is 10.0. The van der Waals surface area contributed by atoms with Crippen LogP contribution in [0.15, 0.2) is 85.1 Å². The summed E-state index contributed by atoms with van der Waals surface area (Å²) in [4.78, 5) is 7.05. The largest absolute Gasteiger partial charge is 0.372 e. The van der Waals surface area contributed by atoms with Crippen LogP contribution < -0.4 is 4.90 Å². The normalized spacial score (nSPS) is 17.6. The van der Waals surface area contributed by atoms with Gasteiger partial charge in [-0.1, -0.05) is 100 Å². The third kappa shape index (κ3) is 12.2. The monoisotopic (exact) mass is 624 g/mol. The lowest BCUT2D eigenvalue weighted by molar-refractivity contribution is 0.556. The topological polar surface area (TPSA) is 65.0 Å². The second-order valence-corrected chi connectivity index (χ2v) is 13.0. The lowest BCUT2D eigenvalue weighted by Gasteiger charge is -2.20. The van der Waals surface area contributed by atoms with Crippen molar-refractivity contribution in [3.63, 3.8) is 0 Å². The van der Waals surface area contributed by atoms with Gasteiger partial charge in [-0.15, -0.1) is 15.3 Å². The molecule has 0 spiro atoms. The summed E-state index contributed by atoms with van der Waals surface area (Å²) < 4.78 is 9.50. The van der Waals surface area contributed by atoms with Gasteiger partial charge >= 0.3 is 0 Å². The molecular formula is C34H49FN6S2. The van der Waals surface area contributed by atoms with E-state index in [1.165, 1.54) is 75.5 Å². The molecule has 0 saturated carbocycles. The highest BCUT2D eigenvalue weighted by Gasteiger charge is 2.35. The van der Waals surface area contributed by atoms with Gasteiger partial charge in [0.1, 0.15) is 10.4 Å². The minimum Gasteiger partial charge on any atom is -0.372 e. The Morgan fingerprint density at radius 1 is 0.674 bits per heavy atom. The number of anilines is 1. The van der Waals surface area contributed by atoms with Gasteiger partial charge in [0.15, 0.2) is 0 Å². The standard InChI is InChI=1S/C33H46N6S2.CH3F/c1-4-7-8-9-10-11-12-13-14-15-16-26-17-19-27(20-18-26)35-37-31-25-30-32(41-31)34-33(40-30)38-36-28-21-23-29(24-22-28)39(5-2)6-3;1-2/h17-25,30,32H,4-16H2,1-3H3;1H3. The van der Waals surface area contributed by atoms with Gasteiger partial charge in [0.2, 0.25) is 5.17 Å². The molecule has 2 aliphatic heterocycles. The highest BCUT2D eigenvalue weighted by Crippen LogP contribution is 2.45. The van der Waals surface area contributed by atoms with E-state index in [-0.39, 0.29) is 10.6 Å². The number of unbranched alkanes of at least 4 members (excludes halogenated alkanes) is 9. The molecule has 6 nitrogen and oxygen atoms in total. The molecule has 0 aliphatic carbocycles. The van der Waals surface area contributed by atoms with Crippen molar-refractivity contribution >= 4 is 45.8 Å². The molecule has 9 heteroatoms. The fourth-order valence-electron chi connectivity index (χ4n) is 5.08. The summed E-state index contributed by atoms with van der Waals surface area (Å²) in [5, 5.41) is 19.7. The van der Waals surface area contributed by atoms with Crippen LogP contribution >= 0.6 is 23.5 Å². The molecule has 0 aromatic heterocycles. The summed E-state index contributed by atoms with van der Waals surface area (Å²) in [6, 6.07) is 16.8. The predicted molar refractivity (Wildman–Crippen MR) is 186 cm³/mol. The van der Waals surface area contributed by atoms with Crippen LogP contribution in [0, 0.1) is 0 Å². The van der Waals surface area contributed by atoms with Crippen molar-refractivity contribution in [3.8, 4) is 0 Å². The summed E-state index contributed by atoms with van der Waals surface area (Å²) in [6.45, 7) is 8.60. The molecule has 0 saturated heterocycles. The van der Waals surface area contributed by atoms with E-state index in [0.29, 0.717) is 7.18 Å². The first kappa shape index (κ1) is 35.0. The van der Waals surface area contributed by atoms with Gasteiger partial charge in [-0.05, 0) is 74.7 Å². The smallest absolute Gasteiger partial charge is 0.206 e. The third-order valence-electron chi connectivity index (χ3n) is 7.56. The summed E-state index contributed by atoms with van der Waals surface area (Å²) in [7, 11) is 0.500. The molecule has 0 fully saturated rings. The SMILES string of the molecule is CCCCCCCCCCCCc1ccc(N=NC2=CC3SC(N=Nc4ccc(N(CC)CC)cc4)=NC3S2)cc1.CF. The average molecular weight is 625 g/mol. The van der Waals surface area contributed by atoms with Crippen LogP contribution in [-0.4, -0.2) is 36.1 Å². The van der Waals surface area contributed by atoms with Crippen LogP contribution in [0.3, 0.4) is 0 Å². The molecular weight excluding hydrogens is 576 g/mol. The molecule has 0 amide bonds. The van der Waals surface area contributed by atoms with Gasteiger partial charge in [-0.3, -0.25) is 4.39 Å². The van der Waals surface area contributed by atoms with Crippen molar-refractivity contribution in [2.45, 2.75) is 102 Å². The fourth-order valence-corrected chi connectivity index (χ4v) is 7.38. The van der Waals surface area contributed by atoms with Crippen molar-refractivity contribution in [1.82, 2.24) is 0 Å². The number of fused-ring (bicyclic) bond motifs is 1. The zero-order valence-corrected chi connectivity index (χ0v) is 28.1. The van der Waals surface area contributed by atoms with Gasteiger partial charge in [-0.2, -0.15) is 5.11 Å². The highest BCUT2D eigenvalue weighted by molar-refractivity contribution is 8.16. The molecule has 2 atom stereocenters. The van der Waals surface area contributed by atoms with Crippen LogP contribution in [0.5, 0.6) is 0 Å². The quantitative estimate of drug-likeness (QED) is 0.130. The van der Waals surface area contributed by atoms with E-state index in [2.05, 4.69) is 88.6 Å². The molecule has 2 aliphatic rings. The maximum atomic E-state index is 9.50. The van der Waals surface area contributed by atoms with E-state index < -0.39 is 0 Å². The second kappa shape index (κ2) is 20.4. The Morgan fingerprint density at radius 3 is 1.81 bits per heavy atom. The van der Waals surface area contributed by atoms with Crippen molar-refractivity contribution < 1.29 is 4.39 Å². The van der Waals surface area contributed by atoms with Crippen molar-refractivity contribution in [1.29, 1.82) is 0 Å². The van der Waals surface area contributed by atoms with E-state index in [9.17, 15) is 4.39 Å². The van der Waals surface area contributed by atoms with Gasteiger partial charge in [0.05, 0.1) is 23.8 Å². The van der Waals surface area contributed by atoms with E-state index in [4.69, 9.17) is 4.99 Å². The second-order valence-electron chi connectivity index (χ2n) is 10.7. The Balaban J connectivity index is 0.00000248. The number of azo groups is 2. The van der Waals surface area contributed by atoms with E-state index >= 15 is 0 Å². The first-order chi connectivity index (χ1) is 21.2. The first-order valence-corrected chi connectivity index (χ1v) is 17.7. The van der Waals surface area contributed by atoms with Gasteiger partial charge in [0, 0.05) is 18.8 Å². The van der Waals surface area contributed by atoms with Crippen molar-refractivity contribution in [2.75, 3.05) is 25.2 Å². The molecule has 2 aromatic rings. The number of alkyl halides is 1. The number of halogens is 1. The fraction of sp³-hybridized carbons (Fsp3) is 0.559. The molecule has 0 radical (unpaired) electrons. The number of thioether (sulfide) groups is 2. The zero-order chi connectivity index (χ0) is 30.7. The molecule has 2 unspecified atom stereocenters. The number of hydrogen-bond donors (Lipinski definition) is 0. The Morgan fingerprint density at radius 2 is 1.23 bits per heavy atom. The number of benzene rings is 2. The van der Waals surface area contributed by atoms with Crippen LogP contribution in [0.2, 0.25) is 0 Å². The molecule has 234 valence electrons. The molecule has 43 heavy (non-hydrogen) atoms. The van der Waals surface area contributed by atoms with Crippen LogP contribution in [-0.2, 0) is 6.42 Å². The van der Waals surface area contributed by atoms with E-state index in [1.807, 2.05) is 12.1 Å². The predicted octanol–water partition coefficient (Wildman–Crippen LogP) is 11.8. The highest BCUT2D eigenvalue weighted by atomic mass is 32.2. The minimum absolute atomic E-state index is 0.0939. The van der Waals surface area contributed by atoms with E-state index in [0.717, 1.165) is 41.1 Å². The Bertz CT molecular complexity index is 1180. The summed E-state index contributed by atoms with van der Waals surface area (Å²) in [5.74, 6) is 0. The number of hydrogen-bond acceptors (Lipinski definition) is 8. The maximum absolute atomic E-state index is 9.50. The first-order valence-electron chi connectivity index (χ1n) is 16.0. The number of nitrogens with zero attached hydrogens (tertiary/aromatic N) is 6. The molecule has 4 rings (SSSR count). The zero-order valence-electron chi connectivity index (χ0n) is 26.4. The lowest BCUT2D eigenvalue weighted by Crippen LogP contribution is -2.21. The number of amidine groups is 1. The Hall–Kier alpha value is -2.52. The van der Waals surface area contributed by atoms with Gasteiger partial charge in [0.25, 0.3) is 0 Å². The van der Waals surface area contributed by atoms with Crippen LogP contribution in [0.4, 0.5) is 21.5 Å². The molecule has 0 N–H and O–H groups in total. The van der Waals surface area contributed by atoms with Gasteiger partial charge < -0.3 is 4.90 Å². The van der Waals surface area contributed by atoms with Crippen molar-refractivity contribution in [2.24, 2.45) is 25.4 Å². The molecule has 2 aromatic carbocycles. The Kier molecular flexibility index (Phi) is 16.6. The number of aryl methyl sites for hydroxylation is 1. The Labute approximate surface area is 267 Å². The summed E-state index contributed by atoms with van der Waals surface area (Å²) in [5.41, 5.74) is 4.33. The third-order valence-corrected chi connectivity index (χ3v) is 9.89. The molecule has 2 heterocycles. The molecule has 0 bridgehead atoms. The maximum Gasteiger partial charge on any atom is 0.206 e. The number of rotatable bonds is 17. The van der Waals surface area contributed by atoms with Gasteiger partial charge in [-0.25, -0.2) is 4.99 Å². The van der Waals surface area contributed by atoms with Crippen LogP contribution in [0.1, 0.15) is 90.5 Å².